The normalized spacial score (nSPS) is 27.0. The first-order valence-electron chi connectivity index (χ1n) is 13.1. The maximum absolute atomic E-state index is 13.4. The standard InChI is InChI=1S/C26H30N6O6S3/c1-14-21-24(35)27-11-20-28-18(12-39-20)22(33)29-16(8-9-41(2,36)37)26-31-19(13-40-26)23(34)30-17(25(32-21)38-14)10-15-6-4-3-5-7-15/h3-7,12,14,16-17,19,21H,8-11,13H2,1-2H3,(H,27,35)(H,29,33)(H,30,34). The number of aromatic nitrogens is 1. The van der Waals surface area contributed by atoms with Gasteiger partial charge in [-0.2, -0.15) is 0 Å². The lowest BCUT2D eigenvalue weighted by Crippen LogP contribution is -2.47. The molecular weight excluding hydrogens is 589 g/mol. The smallest absolute Gasteiger partial charge is 0.271 e. The minimum absolute atomic E-state index is 0.0940. The van der Waals surface area contributed by atoms with Gasteiger partial charge in [-0.1, -0.05) is 30.3 Å². The second kappa shape index (κ2) is 12.3. The molecule has 4 heterocycles. The van der Waals surface area contributed by atoms with Gasteiger partial charge in [0.2, 0.25) is 17.7 Å². The molecule has 41 heavy (non-hydrogen) atoms. The number of ether oxygens (including phenoxy) is 1. The summed E-state index contributed by atoms with van der Waals surface area (Å²) < 4.78 is 29.8. The first-order chi connectivity index (χ1) is 19.6. The summed E-state index contributed by atoms with van der Waals surface area (Å²) in [5.41, 5.74) is 1.09. The van der Waals surface area contributed by atoms with Gasteiger partial charge in [0.05, 0.1) is 23.4 Å². The third-order valence-electron chi connectivity index (χ3n) is 6.74. The summed E-state index contributed by atoms with van der Waals surface area (Å²) >= 11 is 2.52. The van der Waals surface area contributed by atoms with Crippen LogP contribution in [0.2, 0.25) is 0 Å². The minimum Gasteiger partial charge on any atom is -0.474 e. The van der Waals surface area contributed by atoms with E-state index in [1.165, 1.54) is 23.1 Å². The van der Waals surface area contributed by atoms with Crippen LogP contribution >= 0.6 is 23.1 Å². The third-order valence-corrected chi connectivity index (χ3v) is 9.73. The van der Waals surface area contributed by atoms with Gasteiger partial charge in [0.15, 0.2) is 6.04 Å². The van der Waals surface area contributed by atoms with Gasteiger partial charge in [-0.05, 0) is 18.9 Å². The number of rotatable bonds is 5. The van der Waals surface area contributed by atoms with E-state index in [-0.39, 0.29) is 42.1 Å². The number of thiazole rings is 1. The molecule has 0 radical (unpaired) electrons. The summed E-state index contributed by atoms with van der Waals surface area (Å²) in [6.45, 7) is 1.84. The summed E-state index contributed by atoms with van der Waals surface area (Å²) in [6.07, 6.45) is 1.06. The van der Waals surface area contributed by atoms with Crippen molar-refractivity contribution >= 4 is 61.6 Å². The molecule has 218 valence electrons. The molecule has 1 aromatic heterocycles. The van der Waals surface area contributed by atoms with E-state index >= 15 is 0 Å². The molecule has 3 aliphatic heterocycles. The van der Waals surface area contributed by atoms with Crippen LogP contribution in [0.5, 0.6) is 0 Å². The number of nitrogens with one attached hydrogen (secondary N) is 3. The molecule has 0 saturated heterocycles. The molecule has 2 aromatic rings. The highest BCUT2D eigenvalue weighted by Gasteiger charge is 2.38. The Morgan fingerprint density at radius 3 is 2.59 bits per heavy atom. The minimum atomic E-state index is -3.32. The molecule has 0 saturated carbocycles. The van der Waals surface area contributed by atoms with Crippen molar-refractivity contribution in [3.63, 3.8) is 0 Å². The van der Waals surface area contributed by atoms with E-state index in [0.29, 0.717) is 22.2 Å². The van der Waals surface area contributed by atoms with Crippen LogP contribution in [0.4, 0.5) is 0 Å². The summed E-state index contributed by atoms with van der Waals surface area (Å²) in [5, 5.41) is 11.2. The fourth-order valence-corrected chi connectivity index (χ4v) is 7.10. The van der Waals surface area contributed by atoms with Crippen molar-refractivity contribution < 1.29 is 27.5 Å². The summed E-state index contributed by atoms with van der Waals surface area (Å²) in [7, 11) is -3.32. The Hall–Kier alpha value is -3.30. The van der Waals surface area contributed by atoms with Crippen molar-refractivity contribution in [2.75, 3.05) is 17.8 Å². The lowest BCUT2D eigenvalue weighted by molar-refractivity contribution is -0.124. The molecule has 0 aliphatic carbocycles. The quantitative estimate of drug-likeness (QED) is 0.441. The molecule has 0 spiro atoms. The Morgan fingerprint density at radius 1 is 1.05 bits per heavy atom. The van der Waals surface area contributed by atoms with Crippen molar-refractivity contribution in [2.45, 2.75) is 56.6 Å². The third kappa shape index (κ3) is 7.32. The first-order valence-corrected chi connectivity index (χ1v) is 17.0. The Kier molecular flexibility index (Phi) is 8.75. The van der Waals surface area contributed by atoms with E-state index in [4.69, 9.17) is 4.74 Å². The highest BCUT2D eigenvalue weighted by Crippen LogP contribution is 2.24. The van der Waals surface area contributed by atoms with Gasteiger partial charge in [0.25, 0.3) is 5.91 Å². The molecule has 5 atom stereocenters. The Labute approximate surface area is 245 Å². The average molecular weight is 619 g/mol. The van der Waals surface area contributed by atoms with Crippen LogP contribution < -0.4 is 16.0 Å². The number of aliphatic imine (C=N–C) groups is 2. The molecule has 3 amide bonds. The molecule has 6 bridgehead atoms. The second-order valence-electron chi connectivity index (χ2n) is 10.1. The van der Waals surface area contributed by atoms with E-state index in [0.717, 1.165) is 11.8 Å². The van der Waals surface area contributed by atoms with E-state index in [9.17, 15) is 22.8 Å². The molecule has 15 heteroatoms. The number of benzene rings is 1. The van der Waals surface area contributed by atoms with Crippen molar-refractivity contribution in [3.8, 4) is 0 Å². The van der Waals surface area contributed by atoms with Crippen LogP contribution in [-0.4, -0.2) is 90.1 Å². The summed E-state index contributed by atoms with van der Waals surface area (Å²) in [4.78, 5) is 53.0. The number of hydrogen-bond donors (Lipinski definition) is 3. The van der Waals surface area contributed by atoms with Crippen LogP contribution in [0, 0.1) is 0 Å². The van der Waals surface area contributed by atoms with Crippen LogP contribution in [-0.2, 0) is 37.1 Å². The predicted octanol–water partition coefficient (Wildman–Crippen LogP) is 0.733. The van der Waals surface area contributed by atoms with Crippen LogP contribution in [0.3, 0.4) is 0 Å². The second-order valence-corrected chi connectivity index (χ2v) is 14.3. The Morgan fingerprint density at radius 2 is 1.83 bits per heavy atom. The number of thioether (sulfide) groups is 1. The van der Waals surface area contributed by atoms with Gasteiger partial charge in [-0.15, -0.1) is 23.1 Å². The van der Waals surface area contributed by atoms with E-state index in [1.807, 2.05) is 30.3 Å². The van der Waals surface area contributed by atoms with Crippen molar-refractivity contribution in [1.82, 2.24) is 20.9 Å². The van der Waals surface area contributed by atoms with Crippen LogP contribution in [0.15, 0.2) is 45.7 Å². The zero-order valence-corrected chi connectivity index (χ0v) is 24.9. The first kappa shape index (κ1) is 29.2. The average Bonchev–Trinajstić information content (AvgIpc) is 3.69. The molecule has 0 fully saturated rings. The fraction of sp³-hybridized carbons (Fsp3) is 0.462. The van der Waals surface area contributed by atoms with Crippen molar-refractivity contribution in [1.29, 1.82) is 0 Å². The van der Waals surface area contributed by atoms with Gasteiger partial charge in [0.1, 0.15) is 38.7 Å². The summed E-state index contributed by atoms with van der Waals surface area (Å²) in [6, 6.07) is 6.61. The van der Waals surface area contributed by atoms with Crippen molar-refractivity contribution in [2.24, 2.45) is 9.98 Å². The molecule has 1 aromatic carbocycles. The monoisotopic (exact) mass is 618 g/mol. The maximum atomic E-state index is 13.4. The Balaban J connectivity index is 1.47. The van der Waals surface area contributed by atoms with Gasteiger partial charge < -0.3 is 20.7 Å². The van der Waals surface area contributed by atoms with E-state index < -0.39 is 46.0 Å². The Bertz CT molecular complexity index is 1490. The molecule has 12 nitrogen and oxygen atoms in total. The number of nitrogens with zero attached hydrogens (tertiary/aromatic N) is 3. The number of sulfone groups is 1. The number of amides is 3. The number of fused-ring (bicyclic) bond motifs is 4. The van der Waals surface area contributed by atoms with Gasteiger partial charge in [-0.25, -0.2) is 18.4 Å². The molecule has 5 rings (SSSR count). The highest BCUT2D eigenvalue weighted by atomic mass is 32.2. The lowest BCUT2D eigenvalue weighted by Gasteiger charge is -2.21. The molecule has 3 N–H and O–H groups in total. The largest absolute Gasteiger partial charge is 0.474 e. The fourth-order valence-electron chi connectivity index (χ4n) is 4.59. The number of carbonyl (C=O) groups excluding carboxylic acids is 3. The number of hydrogen-bond acceptors (Lipinski definition) is 11. The van der Waals surface area contributed by atoms with Crippen molar-refractivity contribution in [3.05, 3.63) is 52.0 Å². The highest BCUT2D eigenvalue weighted by molar-refractivity contribution is 8.14. The zero-order chi connectivity index (χ0) is 29.1. The van der Waals surface area contributed by atoms with E-state index in [2.05, 4.69) is 30.9 Å². The number of carbonyl (C=O) groups is 3. The van der Waals surface area contributed by atoms with Gasteiger partial charge in [-0.3, -0.25) is 19.4 Å². The zero-order valence-electron chi connectivity index (χ0n) is 22.4. The topological polar surface area (TPSA) is 168 Å². The molecular formula is C26H30N6O6S3. The summed E-state index contributed by atoms with van der Waals surface area (Å²) in [5.74, 6) is -0.802. The SMILES string of the molecule is CC1OC2=NC1C(=O)NCc1nc(cs1)C(=O)NC(CCS(C)(=O)=O)C1=NC(CS1)C(=O)NC2Cc1ccccc1. The molecule has 5 unspecified atom stereocenters. The van der Waals surface area contributed by atoms with Crippen LogP contribution in [0.1, 0.15) is 34.4 Å². The lowest BCUT2D eigenvalue weighted by atomic mass is 10.1. The van der Waals surface area contributed by atoms with Gasteiger partial charge >= 0.3 is 0 Å². The van der Waals surface area contributed by atoms with E-state index in [1.54, 1.807) is 12.3 Å². The van der Waals surface area contributed by atoms with Crippen LogP contribution in [0.25, 0.3) is 0 Å². The maximum Gasteiger partial charge on any atom is 0.271 e. The van der Waals surface area contributed by atoms with Gasteiger partial charge in [0, 0.05) is 23.8 Å². The predicted molar refractivity (Wildman–Crippen MR) is 157 cm³/mol. The molecule has 3 aliphatic rings.